The summed E-state index contributed by atoms with van der Waals surface area (Å²) in [6.45, 7) is 7.69. The van der Waals surface area contributed by atoms with Crippen LogP contribution in [0.1, 0.15) is 37.5 Å². The van der Waals surface area contributed by atoms with Gasteiger partial charge in [-0.1, -0.05) is 48.9 Å². The quantitative estimate of drug-likeness (QED) is 0.592. The number of carbonyl (C=O) groups excluding carboxylic acids is 2. The SMILES string of the molecule is CCNC(=O)[C@@H](C)N(Cc1ccc(C)cc1)C(=O)CN(c1ccc(CC)cc1)S(C)(=O)=O. The minimum absolute atomic E-state index is 0.198. The van der Waals surface area contributed by atoms with Crippen LogP contribution in [0.5, 0.6) is 0 Å². The zero-order valence-electron chi connectivity index (χ0n) is 19.5. The minimum Gasteiger partial charge on any atom is -0.355 e. The van der Waals surface area contributed by atoms with Crippen molar-refractivity contribution in [2.24, 2.45) is 0 Å². The third-order valence-electron chi connectivity index (χ3n) is 5.30. The Labute approximate surface area is 191 Å². The first-order valence-corrected chi connectivity index (χ1v) is 12.6. The highest BCUT2D eigenvalue weighted by molar-refractivity contribution is 7.92. The summed E-state index contributed by atoms with van der Waals surface area (Å²) in [5.41, 5.74) is 3.43. The van der Waals surface area contributed by atoms with Crippen LogP contribution in [-0.4, -0.2) is 50.5 Å². The van der Waals surface area contributed by atoms with Crippen molar-refractivity contribution in [3.8, 4) is 0 Å². The van der Waals surface area contributed by atoms with Gasteiger partial charge in [0.25, 0.3) is 0 Å². The molecule has 2 rings (SSSR count). The van der Waals surface area contributed by atoms with E-state index in [1.165, 1.54) is 4.90 Å². The van der Waals surface area contributed by atoms with E-state index in [0.717, 1.165) is 33.7 Å². The molecule has 0 radical (unpaired) electrons. The molecule has 174 valence electrons. The van der Waals surface area contributed by atoms with Gasteiger partial charge in [-0.25, -0.2) is 8.42 Å². The van der Waals surface area contributed by atoms with E-state index < -0.39 is 22.0 Å². The molecule has 0 aliphatic carbocycles. The molecule has 0 saturated heterocycles. The van der Waals surface area contributed by atoms with E-state index in [2.05, 4.69) is 5.32 Å². The molecular formula is C24H33N3O4S. The Kier molecular flexibility index (Phi) is 8.83. The maximum Gasteiger partial charge on any atom is 0.244 e. The van der Waals surface area contributed by atoms with Crippen molar-refractivity contribution in [1.82, 2.24) is 10.2 Å². The van der Waals surface area contributed by atoms with Crippen LogP contribution in [0.15, 0.2) is 48.5 Å². The Balaban J connectivity index is 2.35. The molecule has 2 aromatic rings. The van der Waals surface area contributed by atoms with E-state index in [4.69, 9.17) is 0 Å². The number of anilines is 1. The first-order valence-electron chi connectivity index (χ1n) is 10.8. The van der Waals surface area contributed by atoms with E-state index in [1.54, 1.807) is 19.1 Å². The number of hydrogen-bond donors (Lipinski definition) is 1. The lowest BCUT2D eigenvalue weighted by molar-refractivity contribution is -0.139. The summed E-state index contributed by atoms with van der Waals surface area (Å²) in [7, 11) is -3.72. The largest absolute Gasteiger partial charge is 0.355 e. The van der Waals surface area contributed by atoms with Crippen molar-refractivity contribution in [2.75, 3.05) is 23.7 Å². The van der Waals surface area contributed by atoms with E-state index in [-0.39, 0.29) is 19.0 Å². The summed E-state index contributed by atoms with van der Waals surface area (Å²) in [5.74, 6) is -0.736. The smallest absolute Gasteiger partial charge is 0.244 e. The molecule has 0 unspecified atom stereocenters. The minimum atomic E-state index is -3.72. The van der Waals surface area contributed by atoms with Crippen molar-refractivity contribution in [3.05, 3.63) is 65.2 Å². The number of carbonyl (C=O) groups is 2. The lowest BCUT2D eigenvalue weighted by Crippen LogP contribution is -2.51. The molecule has 0 fully saturated rings. The highest BCUT2D eigenvalue weighted by Gasteiger charge is 2.29. The Morgan fingerprint density at radius 3 is 2.03 bits per heavy atom. The number of nitrogens with one attached hydrogen (secondary N) is 1. The summed E-state index contributed by atoms with van der Waals surface area (Å²) < 4.78 is 26.1. The Bertz CT molecular complexity index is 1020. The summed E-state index contributed by atoms with van der Waals surface area (Å²) in [6.07, 6.45) is 1.90. The van der Waals surface area contributed by atoms with Gasteiger partial charge in [-0.15, -0.1) is 0 Å². The maximum absolute atomic E-state index is 13.4. The van der Waals surface area contributed by atoms with Gasteiger partial charge in [0.1, 0.15) is 12.6 Å². The van der Waals surface area contributed by atoms with E-state index >= 15 is 0 Å². The van der Waals surface area contributed by atoms with Gasteiger partial charge in [0, 0.05) is 13.1 Å². The predicted molar refractivity (Wildman–Crippen MR) is 128 cm³/mol. The molecule has 0 bridgehead atoms. The number of amides is 2. The fourth-order valence-corrected chi connectivity index (χ4v) is 4.16. The van der Waals surface area contributed by atoms with Crippen molar-refractivity contribution < 1.29 is 18.0 Å². The van der Waals surface area contributed by atoms with Crippen LogP contribution < -0.4 is 9.62 Å². The number of nitrogens with zero attached hydrogens (tertiary/aromatic N) is 2. The Morgan fingerprint density at radius 2 is 1.53 bits per heavy atom. The molecule has 8 heteroatoms. The summed E-state index contributed by atoms with van der Waals surface area (Å²) in [6, 6.07) is 14.0. The number of rotatable bonds is 10. The van der Waals surface area contributed by atoms with Gasteiger partial charge >= 0.3 is 0 Å². The van der Waals surface area contributed by atoms with Crippen LogP contribution in [0.3, 0.4) is 0 Å². The van der Waals surface area contributed by atoms with Crippen molar-refractivity contribution in [2.45, 2.75) is 46.7 Å². The van der Waals surface area contributed by atoms with Crippen LogP contribution in [0.4, 0.5) is 5.69 Å². The van der Waals surface area contributed by atoms with Gasteiger partial charge in [-0.2, -0.15) is 0 Å². The second-order valence-electron chi connectivity index (χ2n) is 7.87. The normalized spacial score (nSPS) is 12.2. The fourth-order valence-electron chi connectivity index (χ4n) is 3.31. The van der Waals surface area contributed by atoms with Crippen molar-refractivity contribution in [3.63, 3.8) is 0 Å². The molecule has 1 N–H and O–H groups in total. The molecule has 0 spiro atoms. The van der Waals surface area contributed by atoms with Crippen LogP contribution in [0, 0.1) is 6.92 Å². The van der Waals surface area contributed by atoms with Crippen molar-refractivity contribution >= 4 is 27.5 Å². The number of benzene rings is 2. The molecule has 0 aliphatic heterocycles. The molecule has 1 atom stereocenters. The lowest BCUT2D eigenvalue weighted by atomic mass is 10.1. The highest BCUT2D eigenvalue weighted by Crippen LogP contribution is 2.20. The Morgan fingerprint density at radius 1 is 0.969 bits per heavy atom. The molecule has 7 nitrogen and oxygen atoms in total. The van der Waals surface area contributed by atoms with Gasteiger partial charge in [0.2, 0.25) is 21.8 Å². The average molecular weight is 460 g/mol. The standard InChI is InChI=1S/C24H33N3O4S/c1-6-20-12-14-22(15-13-20)27(32(5,30)31)17-23(28)26(19(4)24(29)25-7-2)16-21-10-8-18(3)9-11-21/h8-15,19H,6-7,16-17H2,1-5H3,(H,25,29)/t19-/m1/s1. The van der Waals surface area contributed by atoms with Gasteiger partial charge in [-0.3, -0.25) is 13.9 Å². The molecular weight excluding hydrogens is 426 g/mol. The van der Waals surface area contributed by atoms with Crippen molar-refractivity contribution in [1.29, 1.82) is 0 Å². The number of sulfonamides is 1. The van der Waals surface area contributed by atoms with Crippen LogP contribution in [0.2, 0.25) is 0 Å². The van der Waals surface area contributed by atoms with Crippen LogP contribution in [-0.2, 0) is 32.6 Å². The monoisotopic (exact) mass is 459 g/mol. The molecule has 2 amide bonds. The second-order valence-corrected chi connectivity index (χ2v) is 9.77. The molecule has 2 aromatic carbocycles. The van der Waals surface area contributed by atoms with E-state index in [0.29, 0.717) is 12.2 Å². The number of aryl methyl sites for hydroxylation is 2. The first kappa shape index (κ1) is 25.4. The zero-order chi connectivity index (χ0) is 23.9. The first-order chi connectivity index (χ1) is 15.1. The van der Waals surface area contributed by atoms with Gasteiger partial charge < -0.3 is 10.2 Å². The third-order valence-corrected chi connectivity index (χ3v) is 6.44. The molecule has 0 aliphatic rings. The topological polar surface area (TPSA) is 86.8 Å². The zero-order valence-corrected chi connectivity index (χ0v) is 20.3. The van der Waals surface area contributed by atoms with Gasteiger partial charge in [0.05, 0.1) is 11.9 Å². The Hall–Kier alpha value is -2.87. The maximum atomic E-state index is 13.4. The molecule has 0 aromatic heterocycles. The fraction of sp³-hybridized carbons (Fsp3) is 0.417. The average Bonchev–Trinajstić information content (AvgIpc) is 2.76. The number of hydrogen-bond acceptors (Lipinski definition) is 4. The van der Waals surface area contributed by atoms with Gasteiger partial charge in [0.15, 0.2) is 0 Å². The van der Waals surface area contributed by atoms with Crippen LogP contribution >= 0.6 is 0 Å². The summed E-state index contributed by atoms with van der Waals surface area (Å²) >= 11 is 0. The molecule has 32 heavy (non-hydrogen) atoms. The molecule has 0 heterocycles. The predicted octanol–water partition coefficient (Wildman–Crippen LogP) is 2.88. The lowest BCUT2D eigenvalue weighted by Gasteiger charge is -2.31. The van der Waals surface area contributed by atoms with E-state index in [9.17, 15) is 18.0 Å². The number of likely N-dealkylation sites (N-methyl/N-ethyl adjacent to an activating group) is 1. The second kappa shape index (κ2) is 11.1. The van der Waals surface area contributed by atoms with Crippen LogP contribution in [0.25, 0.3) is 0 Å². The van der Waals surface area contributed by atoms with Gasteiger partial charge in [-0.05, 0) is 50.5 Å². The summed E-state index contributed by atoms with van der Waals surface area (Å²) in [4.78, 5) is 27.3. The highest BCUT2D eigenvalue weighted by atomic mass is 32.2. The summed E-state index contributed by atoms with van der Waals surface area (Å²) in [5, 5.41) is 2.74. The molecule has 0 saturated carbocycles. The van der Waals surface area contributed by atoms with E-state index in [1.807, 2.05) is 57.2 Å². The third kappa shape index (κ3) is 6.82.